The number of hydrogen-bond acceptors (Lipinski definition) is 7. The fraction of sp³-hybridized carbons (Fsp3) is 0.500. The topological polar surface area (TPSA) is 66.9 Å². The fourth-order valence-electron chi connectivity index (χ4n) is 3.46. The molecular formula is C20H26N4O3S. The Morgan fingerprint density at radius 2 is 1.89 bits per heavy atom. The number of anilines is 1. The third kappa shape index (κ3) is 4.70. The van der Waals surface area contributed by atoms with E-state index < -0.39 is 0 Å². The molecule has 0 aromatic carbocycles. The Hall–Kier alpha value is -2.00. The van der Waals surface area contributed by atoms with Gasteiger partial charge >= 0.3 is 0 Å². The number of amides is 1. The van der Waals surface area contributed by atoms with Gasteiger partial charge in [0.2, 0.25) is 0 Å². The molecule has 0 bridgehead atoms. The third-order valence-electron chi connectivity index (χ3n) is 5.02. The molecule has 2 fully saturated rings. The van der Waals surface area contributed by atoms with Gasteiger partial charge in [-0.2, -0.15) is 0 Å². The molecule has 2 aliphatic heterocycles. The molecule has 4 heterocycles. The molecule has 0 spiro atoms. The van der Waals surface area contributed by atoms with E-state index in [2.05, 4.69) is 20.1 Å². The van der Waals surface area contributed by atoms with Crippen LogP contribution in [-0.4, -0.2) is 81.5 Å². The summed E-state index contributed by atoms with van der Waals surface area (Å²) < 4.78 is 10.9. The Kier molecular flexibility index (Phi) is 6.53. The maximum Gasteiger partial charge on any atom is 0.261 e. The molecule has 0 radical (unpaired) electrons. The van der Waals surface area contributed by atoms with Crippen LogP contribution < -0.4 is 10.2 Å². The molecule has 2 aliphatic rings. The van der Waals surface area contributed by atoms with Crippen LogP contribution in [0.15, 0.2) is 30.6 Å². The van der Waals surface area contributed by atoms with Gasteiger partial charge in [-0.05, 0) is 12.1 Å². The molecule has 4 rings (SSSR count). The summed E-state index contributed by atoms with van der Waals surface area (Å²) in [6, 6.07) is 5.97. The number of hydrogen-bond donors (Lipinski definition) is 1. The Bertz CT molecular complexity index is 771. The van der Waals surface area contributed by atoms with E-state index in [4.69, 9.17) is 9.47 Å². The Labute approximate surface area is 169 Å². The van der Waals surface area contributed by atoms with Crippen LogP contribution in [0.2, 0.25) is 0 Å². The first kappa shape index (κ1) is 19.3. The Balaban J connectivity index is 1.47. The van der Waals surface area contributed by atoms with Crippen molar-refractivity contribution in [1.82, 2.24) is 15.2 Å². The van der Waals surface area contributed by atoms with Crippen molar-refractivity contribution in [2.24, 2.45) is 0 Å². The molecule has 2 saturated heterocycles. The van der Waals surface area contributed by atoms with Gasteiger partial charge in [0.1, 0.15) is 0 Å². The highest BCUT2D eigenvalue weighted by Gasteiger charge is 2.22. The molecule has 8 heteroatoms. The normalized spacial score (nSPS) is 18.2. The summed E-state index contributed by atoms with van der Waals surface area (Å²) >= 11 is 1.55. The molecule has 28 heavy (non-hydrogen) atoms. The van der Waals surface area contributed by atoms with E-state index in [1.807, 2.05) is 24.4 Å². The molecule has 0 atom stereocenters. The second-order valence-corrected chi connectivity index (χ2v) is 7.91. The van der Waals surface area contributed by atoms with E-state index in [9.17, 15) is 4.79 Å². The standard InChI is InChI=1S/C20H26N4O3S/c25-19(22-4-5-23-6-10-26-11-7-23)18-14-17(16-2-1-3-21-15-16)20(28-18)24-8-12-27-13-9-24/h1-3,14-15H,4-13H2,(H,22,25). The first-order valence-corrected chi connectivity index (χ1v) is 10.6. The number of carbonyl (C=O) groups is 1. The van der Waals surface area contributed by atoms with Gasteiger partial charge in [0.15, 0.2) is 0 Å². The molecule has 1 amide bonds. The van der Waals surface area contributed by atoms with Gasteiger partial charge in [-0.3, -0.25) is 14.7 Å². The van der Waals surface area contributed by atoms with Crippen molar-refractivity contribution in [2.45, 2.75) is 0 Å². The van der Waals surface area contributed by atoms with E-state index in [1.165, 1.54) is 0 Å². The lowest BCUT2D eigenvalue weighted by atomic mass is 10.1. The van der Waals surface area contributed by atoms with Gasteiger partial charge in [-0.15, -0.1) is 11.3 Å². The van der Waals surface area contributed by atoms with Crippen LogP contribution in [-0.2, 0) is 9.47 Å². The summed E-state index contributed by atoms with van der Waals surface area (Å²) in [5, 5.41) is 4.19. The number of thiophene rings is 1. The lowest BCUT2D eigenvalue weighted by Crippen LogP contribution is -2.41. The van der Waals surface area contributed by atoms with Crippen molar-refractivity contribution < 1.29 is 14.3 Å². The molecular weight excluding hydrogens is 376 g/mol. The van der Waals surface area contributed by atoms with Gasteiger partial charge in [0.25, 0.3) is 5.91 Å². The van der Waals surface area contributed by atoms with E-state index in [0.717, 1.165) is 66.9 Å². The summed E-state index contributed by atoms with van der Waals surface area (Å²) in [5.41, 5.74) is 2.10. The summed E-state index contributed by atoms with van der Waals surface area (Å²) in [6.45, 7) is 8.02. The number of nitrogens with one attached hydrogen (secondary N) is 1. The smallest absolute Gasteiger partial charge is 0.261 e. The predicted octanol–water partition coefficient (Wildman–Crippen LogP) is 1.71. The highest BCUT2D eigenvalue weighted by atomic mass is 32.1. The number of aromatic nitrogens is 1. The Morgan fingerprint density at radius 3 is 2.61 bits per heavy atom. The average molecular weight is 403 g/mol. The Morgan fingerprint density at radius 1 is 1.14 bits per heavy atom. The van der Waals surface area contributed by atoms with Crippen LogP contribution >= 0.6 is 11.3 Å². The number of pyridine rings is 1. The van der Waals surface area contributed by atoms with E-state index in [1.54, 1.807) is 17.5 Å². The van der Waals surface area contributed by atoms with Crippen LogP contribution in [0, 0.1) is 0 Å². The van der Waals surface area contributed by atoms with Crippen molar-refractivity contribution in [1.29, 1.82) is 0 Å². The van der Waals surface area contributed by atoms with Gasteiger partial charge < -0.3 is 19.7 Å². The number of morpholine rings is 2. The fourth-order valence-corrected chi connectivity index (χ4v) is 4.61. The first-order valence-electron chi connectivity index (χ1n) is 9.76. The summed E-state index contributed by atoms with van der Waals surface area (Å²) in [7, 11) is 0. The zero-order valence-electron chi connectivity index (χ0n) is 15.9. The van der Waals surface area contributed by atoms with Crippen LogP contribution in [0.4, 0.5) is 5.00 Å². The third-order valence-corrected chi connectivity index (χ3v) is 6.22. The van der Waals surface area contributed by atoms with Crippen molar-refractivity contribution in [3.63, 3.8) is 0 Å². The number of ether oxygens (including phenoxy) is 2. The van der Waals surface area contributed by atoms with E-state index in [0.29, 0.717) is 19.8 Å². The molecule has 2 aromatic heterocycles. The van der Waals surface area contributed by atoms with Gasteiger partial charge in [0, 0.05) is 62.8 Å². The van der Waals surface area contributed by atoms with Crippen molar-refractivity contribution in [2.75, 3.05) is 70.6 Å². The molecule has 1 N–H and O–H groups in total. The van der Waals surface area contributed by atoms with Crippen LogP contribution in [0.25, 0.3) is 11.1 Å². The second kappa shape index (κ2) is 9.47. The second-order valence-electron chi connectivity index (χ2n) is 6.88. The lowest BCUT2D eigenvalue weighted by Gasteiger charge is -2.28. The van der Waals surface area contributed by atoms with E-state index in [-0.39, 0.29) is 5.91 Å². The minimum atomic E-state index is -0.0112. The molecule has 150 valence electrons. The summed E-state index contributed by atoms with van der Waals surface area (Å²) in [5.74, 6) is -0.0112. The average Bonchev–Trinajstić information content (AvgIpc) is 3.21. The SMILES string of the molecule is O=C(NCCN1CCOCC1)c1cc(-c2cccnc2)c(N2CCOCC2)s1. The maximum absolute atomic E-state index is 12.8. The van der Waals surface area contributed by atoms with Gasteiger partial charge in [-0.25, -0.2) is 0 Å². The maximum atomic E-state index is 12.8. The van der Waals surface area contributed by atoms with Crippen LogP contribution in [0.5, 0.6) is 0 Å². The highest BCUT2D eigenvalue weighted by Crippen LogP contribution is 2.39. The largest absolute Gasteiger partial charge is 0.379 e. The molecule has 0 saturated carbocycles. The van der Waals surface area contributed by atoms with Gasteiger partial charge in [0.05, 0.1) is 36.3 Å². The molecule has 7 nitrogen and oxygen atoms in total. The molecule has 2 aromatic rings. The predicted molar refractivity (Wildman–Crippen MR) is 110 cm³/mol. The molecule has 0 aliphatic carbocycles. The van der Waals surface area contributed by atoms with Gasteiger partial charge in [-0.1, -0.05) is 6.07 Å². The van der Waals surface area contributed by atoms with Crippen molar-refractivity contribution >= 4 is 22.2 Å². The summed E-state index contributed by atoms with van der Waals surface area (Å²) in [4.78, 5) is 22.4. The minimum absolute atomic E-state index is 0.0112. The number of carbonyl (C=O) groups excluding carboxylic acids is 1. The summed E-state index contributed by atoms with van der Waals surface area (Å²) in [6.07, 6.45) is 3.62. The van der Waals surface area contributed by atoms with E-state index >= 15 is 0 Å². The lowest BCUT2D eigenvalue weighted by molar-refractivity contribution is 0.0383. The zero-order chi connectivity index (χ0) is 19.2. The van der Waals surface area contributed by atoms with Crippen molar-refractivity contribution in [3.8, 4) is 11.1 Å². The number of nitrogens with zero attached hydrogens (tertiary/aromatic N) is 3. The van der Waals surface area contributed by atoms with Crippen LogP contribution in [0.3, 0.4) is 0 Å². The number of rotatable bonds is 6. The van der Waals surface area contributed by atoms with Crippen LogP contribution in [0.1, 0.15) is 9.67 Å². The first-order chi connectivity index (χ1) is 13.8. The van der Waals surface area contributed by atoms with Crippen molar-refractivity contribution in [3.05, 3.63) is 35.5 Å². The molecule has 0 unspecified atom stereocenters. The zero-order valence-corrected chi connectivity index (χ0v) is 16.7. The highest BCUT2D eigenvalue weighted by molar-refractivity contribution is 7.18. The quantitative estimate of drug-likeness (QED) is 0.794. The minimum Gasteiger partial charge on any atom is -0.379 e. The monoisotopic (exact) mass is 402 g/mol.